The standard InChI is InChI=1S/C15H24N4/c1-19(15-13-16-11-12-17-15)18-14-9-7-5-3-2-4-6-8-10-14/h11-13H,2-10H2,1H3. The van der Waals surface area contributed by atoms with Crippen molar-refractivity contribution in [2.24, 2.45) is 5.10 Å². The fourth-order valence-corrected chi connectivity index (χ4v) is 2.49. The van der Waals surface area contributed by atoms with Gasteiger partial charge >= 0.3 is 0 Å². The zero-order valence-electron chi connectivity index (χ0n) is 11.9. The Labute approximate surface area is 116 Å². The van der Waals surface area contributed by atoms with Crippen molar-refractivity contribution < 1.29 is 0 Å². The lowest BCUT2D eigenvalue weighted by atomic mass is 10.00. The molecule has 1 heterocycles. The molecule has 0 bridgehead atoms. The van der Waals surface area contributed by atoms with E-state index in [1.165, 1.54) is 50.7 Å². The Hall–Kier alpha value is -1.45. The molecule has 4 nitrogen and oxygen atoms in total. The van der Waals surface area contributed by atoms with Crippen LogP contribution < -0.4 is 5.01 Å². The summed E-state index contributed by atoms with van der Waals surface area (Å²) in [7, 11) is 1.95. The maximum Gasteiger partial charge on any atom is 0.167 e. The summed E-state index contributed by atoms with van der Waals surface area (Å²) in [4.78, 5) is 8.36. The zero-order chi connectivity index (χ0) is 13.3. The van der Waals surface area contributed by atoms with Crippen molar-refractivity contribution in [2.75, 3.05) is 12.1 Å². The Balaban J connectivity index is 1.97. The highest BCUT2D eigenvalue weighted by Crippen LogP contribution is 2.16. The number of nitrogens with zero attached hydrogens (tertiary/aromatic N) is 4. The van der Waals surface area contributed by atoms with Crippen LogP contribution in [0.5, 0.6) is 0 Å². The minimum Gasteiger partial charge on any atom is -0.259 e. The van der Waals surface area contributed by atoms with Crippen LogP contribution in [0.4, 0.5) is 5.82 Å². The zero-order valence-corrected chi connectivity index (χ0v) is 11.9. The minimum absolute atomic E-state index is 0.812. The Morgan fingerprint density at radius 1 is 0.947 bits per heavy atom. The summed E-state index contributed by atoms with van der Waals surface area (Å²) in [6, 6.07) is 0. The van der Waals surface area contributed by atoms with Gasteiger partial charge < -0.3 is 0 Å². The molecule has 0 aromatic carbocycles. The molecule has 0 amide bonds. The summed E-state index contributed by atoms with van der Waals surface area (Å²) in [6.07, 6.45) is 16.8. The normalized spacial score (nSPS) is 17.8. The third kappa shape index (κ3) is 4.97. The number of hydrogen-bond donors (Lipinski definition) is 0. The Morgan fingerprint density at radius 3 is 2.16 bits per heavy atom. The first kappa shape index (κ1) is 14.0. The molecule has 1 saturated carbocycles. The molecule has 0 radical (unpaired) electrons. The number of anilines is 1. The number of hydrogen-bond acceptors (Lipinski definition) is 4. The van der Waals surface area contributed by atoms with Crippen molar-refractivity contribution in [1.82, 2.24) is 9.97 Å². The molecule has 0 spiro atoms. The van der Waals surface area contributed by atoms with Gasteiger partial charge in [0.15, 0.2) is 5.82 Å². The lowest BCUT2D eigenvalue weighted by Crippen LogP contribution is -2.15. The Morgan fingerprint density at radius 2 is 1.58 bits per heavy atom. The summed E-state index contributed by atoms with van der Waals surface area (Å²) in [5, 5.41) is 6.58. The maximum absolute atomic E-state index is 4.73. The highest BCUT2D eigenvalue weighted by atomic mass is 15.5. The third-order valence-corrected chi connectivity index (χ3v) is 3.60. The molecule has 4 heteroatoms. The second-order valence-electron chi connectivity index (χ2n) is 5.23. The van der Waals surface area contributed by atoms with Crippen LogP contribution in [0.3, 0.4) is 0 Å². The molecule has 0 aliphatic heterocycles. The molecule has 104 valence electrons. The van der Waals surface area contributed by atoms with Crippen LogP contribution in [0.1, 0.15) is 57.8 Å². The smallest absolute Gasteiger partial charge is 0.167 e. The van der Waals surface area contributed by atoms with Crippen molar-refractivity contribution in [1.29, 1.82) is 0 Å². The van der Waals surface area contributed by atoms with E-state index in [0.717, 1.165) is 18.7 Å². The molecule has 2 rings (SSSR count). The SMILES string of the molecule is CN(N=C1CCCCCCCCC1)c1cnccn1. The van der Waals surface area contributed by atoms with Crippen LogP contribution in [-0.4, -0.2) is 22.7 Å². The van der Waals surface area contributed by atoms with Gasteiger partial charge in [0, 0.05) is 25.2 Å². The van der Waals surface area contributed by atoms with E-state index in [1.807, 2.05) is 12.1 Å². The molecule has 1 aliphatic carbocycles. The van der Waals surface area contributed by atoms with Gasteiger partial charge in [-0.15, -0.1) is 0 Å². The average molecular weight is 260 g/mol. The molecule has 0 atom stereocenters. The highest BCUT2D eigenvalue weighted by Gasteiger charge is 2.06. The Kier molecular flexibility index (Phi) is 5.79. The first-order valence-corrected chi connectivity index (χ1v) is 7.42. The van der Waals surface area contributed by atoms with Crippen molar-refractivity contribution in [2.45, 2.75) is 57.8 Å². The van der Waals surface area contributed by atoms with Crippen LogP contribution in [-0.2, 0) is 0 Å². The van der Waals surface area contributed by atoms with E-state index in [1.54, 1.807) is 18.6 Å². The molecule has 1 aromatic rings. The molecule has 1 aromatic heterocycles. The Bertz CT molecular complexity index is 376. The van der Waals surface area contributed by atoms with Crippen molar-refractivity contribution in [3.05, 3.63) is 18.6 Å². The minimum atomic E-state index is 0.812. The molecular weight excluding hydrogens is 236 g/mol. The summed E-state index contributed by atoms with van der Waals surface area (Å²) in [5.74, 6) is 0.812. The predicted molar refractivity (Wildman–Crippen MR) is 79.4 cm³/mol. The first-order valence-electron chi connectivity index (χ1n) is 7.42. The largest absolute Gasteiger partial charge is 0.259 e. The second-order valence-corrected chi connectivity index (χ2v) is 5.23. The van der Waals surface area contributed by atoms with E-state index in [4.69, 9.17) is 5.10 Å². The van der Waals surface area contributed by atoms with Crippen LogP contribution in [0.15, 0.2) is 23.7 Å². The molecule has 0 N–H and O–H groups in total. The lowest BCUT2D eigenvalue weighted by Gasteiger charge is -2.15. The van der Waals surface area contributed by atoms with E-state index < -0.39 is 0 Å². The molecule has 1 aliphatic rings. The van der Waals surface area contributed by atoms with Crippen LogP contribution in [0, 0.1) is 0 Å². The van der Waals surface area contributed by atoms with E-state index in [9.17, 15) is 0 Å². The average Bonchev–Trinajstić information content (AvgIpc) is 2.46. The van der Waals surface area contributed by atoms with Gasteiger partial charge in [-0.25, -0.2) is 9.99 Å². The van der Waals surface area contributed by atoms with Crippen molar-refractivity contribution in [3.63, 3.8) is 0 Å². The first-order chi connectivity index (χ1) is 9.36. The fourth-order valence-electron chi connectivity index (χ4n) is 2.49. The van der Waals surface area contributed by atoms with Gasteiger partial charge in [-0.1, -0.05) is 32.1 Å². The fraction of sp³-hybridized carbons (Fsp3) is 0.667. The highest BCUT2D eigenvalue weighted by molar-refractivity contribution is 5.85. The van der Waals surface area contributed by atoms with E-state index in [0.29, 0.717) is 0 Å². The summed E-state index contributed by atoms with van der Waals surface area (Å²) < 4.78 is 0. The summed E-state index contributed by atoms with van der Waals surface area (Å²) in [5.41, 5.74) is 1.31. The van der Waals surface area contributed by atoms with Gasteiger partial charge in [-0.2, -0.15) is 5.10 Å². The predicted octanol–water partition coefficient (Wildman–Crippen LogP) is 3.79. The summed E-state index contributed by atoms with van der Waals surface area (Å²) in [6.45, 7) is 0. The van der Waals surface area contributed by atoms with Gasteiger partial charge in [0.2, 0.25) is 0 Å². The van der Waals surface area contributed by atoms with Gasteiger partial charge in [0.1, 0.15) is 0 Å². The van der Waals surface area contributed by atoms with Gasteiger partial charge in [-0.3, -0.25) is 4.98 Å². The van der Waals surface area contributed by atoms with Crippen LogP contribution in [0.25, 0.3) is 0 Å². The molecular formula is C15H24N4. The molecule has 1 fully saturated rings. The topological polar surface area (TPSA) is 41.4 Å². The van der Waals surface area contributed by atoms with Crippen LogP contribution >= 0.6 is 0 Å². The third-order valence-electron chi connectivity index (χ3n) is 3.60. The molecule has 0 unspecified atom stereocenters. The van der Waals surface area contributed by atoms with Gasteiger partial charge in [0.05, 0.1) is 6.20 Å². The van der Waals surface area contributed by atoms with Crippen molar-refractivity contribution in [3.8, 4) is 0 Å². The summed E-state index contributed by atoms with van der Waals surface area (Å²) >= 11 is 0. The number of aromatic nitrogens is 2. The van der Waals surface area contributed by atoms with E-state index in [2.05, 4.69) is 9.97 Å². The quantitative estimate of drug-likeness (QED) is 0.760. The van der Waals surface area contributed by atoms with Gasteiger partial charge in [0.25, 0.3) is 0 Å². The van der Waals surface area contributed by atoms with Gasteiger partial charge in [-0.05, 0) is 25.7 Å². The second kappa shape index (κ2) is 7.87. The number of rotatable bonds is 2. The monoisotopic (exact) mass is 260 g/mol. The van der Waals surface area contributed by atoms with E-state index >= 15 is 0 Å². The van der Waals surface area contributed by atoms with E-state index in [-0.39, 0.29) is 0 Å². The van der Waals surface area contributed by atoms with Crippen molar-refractivity contribution >= 4 is 11.5 Å². The number of hydrazone groups is 1. The van der Waals surface area contributed by atoms with Crippen LogP contribution in [0.2, 0.25) is 0 Å². The lowest BCUT2D eigenvalue weighted by molar-refractivity contribution is 0.574. The molecule has 0 saturated heterocycles. The maximum atomic E-state index is 4.73. The molecule has 19 heavy (non-hydrogen) atoms.